The van der Waals surface area contributed by atoms with Gasteiger partial charge in [0.2, 0.25) is 0 Å². The molecule has 0 heterocycles. The number of carbonyl (C=O) groups excluding carboxylic acids is 1. The molecule has 0 aromatic rings. The van der Waals surface area contributed by atoms with Gasteiger partial charge < -0.3 is 9.47 Å². The Labute approximate surface area is 79.4 Å². The van der Waals surface area contributed by atoms with Crippen molar-refractivity contribution in [1.29, 1.82) is 0 Å². The van der Waals surface area contributed by atoms with Gasteiger partial charge in [-0.3, -0.25) is 0 Å². The second kappa shape index (κ2) is 5.84. The fourth-order valence-electron chi connectivity index (χ4n) is 1.51. The summed E-state index contributed by atoms with van der Waals surface area (Å²) in [5, 5.41) is 0. The zero-order chi connectivity index (χ0) is 9.52. The number of ether oxygens (including phenoxy) is 2. The van der Waals surface area contributed by atoms with Gasteiger partial charge in [0.25, 0.3) is 0 Å². The van der Waals surface area contributed by atoms with Crippen LogP contribution in [0.3, 0.4) is 0 Å². The molecule has 3 nitrogen and oxygen atoms in total. The molecule has 0 aliphatic heterocycles. The lowest BCUT2D eigenvalue weighted by Gasteiger charge is -2.21. The van der Waals surface area contributed by atoms with Gasteiger partial charge in [-0.25, -0.2) is 4.79 Å². The van der Waals surface area contributed by atoms with Crippen LogP contribution in [0.5, 0.6) is 0 Å². The Balaban J connectivity index is 2.11. The van der Waals surface area contributed by atoms with E-state index in [0.717, 1.165) is 25.7 Å². The van der Waals surface area contributed by atoms with Crippen LogP contribution in [-0.2, 0) is 9.47 Å². The first-order valence-corrected chi connectivity index (χ1v) is 4.95. The minimum absolute atomic E-state index is 0.0889. The average Bonchev–Trinajstić information content (AvgIpc) is 2.16. The molecule has 1 aliphatic rings. The summed E-state index contributed by atoms with van der Waals surface area (Å²) in [5.41, 5.74) is 0. The third-order valence-electron chi connectivity index (χ3n) is 2.18. The standard InChI is InChI=1S/C10H17O3/c1-2-8-12-10(11)13-9-6-4-3-5-7-9/h9H,1-8H2. The highest BCUT2D eigenvalue weighted by atomic mass is 16.7. The van der Waals surface area contributed by atoms with Crippen LogP contribution in [0.2, 0.25) is 0 Å². The highest BCUT2D eigenvalue weighted by Gasteiger charge is 2.17. The van der Waals surface area contributed by atoms with Crippen LogP contribution in [0.1, 0.15) is 38.5 Å². The molecule has 1 aliphatic carbocycles. The van der Waals surface area contributed by atoms with Crippen LogP contribution in [0.15, 0.2) is 0 Å². The van der Waals surface area contributed by atoms with Crippen LogP contribution in [0.25, 0.3) is 0 Å². The predicted molar refractivity (Wildman–Crippen MR) is 49.3 cm³/mol. The number of carbonyl (C=O) groups is 1. The lowest BCUT2D eigenvalue weighted by molar-refractivity contribution is 0.0120. The van der Waals surface area contributed by atoms with Crippen molar-refractivity contribution in [2.75, 3.05) is 6.61 Å². The molecule has 0 spiro atoms. The smallest absolute Gasteiger partial charge is 0.434 e. The van der Waals surface area contributed by atoms with Crippen molar-refractivity contribution in [3.8, 4) is 0 Å². The maximum Gasteiger partial charge on any atom is 0.508 e. The van der Waals surface area contributed by atoms with E-state index in [2.05, 4.69) is 6.92 Å². The van der Waals surface area contributed by atoms with E-state index < -0.39 is 6.16 Å². The van der Waals surface area contributed by atoms with E-state index >= 15 is 0 Å². The molecule has 0 aromatic heterocycles. The van der Waals surface area contributed by atoms with Crippen molar-refractivity contribution in [2.24, 2.45) is 0 Å². The van der Waals surface area contributed by atoms with Crippen molar-refractivity contribution < 1.29 is 14.3 Å². The van der Waals surface area contributed by atoms with Gasteiger partial charge in [-0.15, -0.1) is 0 Å². The molecule has 0 bridgehead atoms. The van der Waals surface area contributed by atoms with E-state index in [-0.39, 0.29) is 6.10 Å². The van der Waals surface area contributed by atoms with Gasteiger partial charge in [-0.1, -0.05) is 6.42 Å². The molecule has 3 heteroatoms. The molecule has 0 atom stereocenters. The fraction of sp³-hybridized carbons (Fsp3) is 0.800. The zero-order valence-corrected chi connectivity index (χ0v) is 7.96. The summed E-state index contributed by atoms with van der Waals surface area (Å²) in [5.74, 6) is 0. The molecule has 1 saturated carbocycles. The lowest BCUT2D eigenvalue weighted by atomic mass is 9.98. The Hall–Kier alpha value is -0.730. The number of hydrogen-bond acceptors (Lipinski definition) is 3. The van der Waals surface area contributed by atoms with Gasteiger partial charge >= 0.3 is 6.16 Å². The summed E-state index contributed by atoms with van der Waals surface area (Å²) < 4.78 is 9.87. The van der Waals surface area contributed by atoms with Gasteiger partial charge in [0.1, 0.15) is 6.10 Å². The molecule has 0 N–H and O–H groups in total. The predicted octanol–water partition coefficient (Wildman–Crippen LogP) is 2.70. The molecule has 1 fully saturated rings. The fourth-order valence-corrected chi connectivity index (χ4v) is 1.51. The van der Waals surface area contributed by atoms with E-state index in [0.29, 0.717) is 13.0 Å². The van der Waals surface area contributed by atoms with Gasteiger partial charge in [-0.2, -0.15) is 0 Å². The first-order chi connectivity index (χ1) is 6.33. The molecular formula is C10H17O3. The number of rotatable bonds is 3. The number of hydrogen-bond donors (Lipinski definition) is 0. The molecule has 1 rings (SSSR count). The second-order valence-corrected chi connectivity index (χ2v) is 3.33. The summed E-state index contributed by atoms with van der Waals surface area (Å²) in [7, 11) is 0. The van der Waals surface area contributed by atoms with Crippen LogP contribution in [-0.4, -0.2) is 18.9 Å². The molecule has 13 heavy (non-hydrogen) atoms. The Morgan fingerprint density at radius 3 is 2.62 bits per heavy atom. The molecule has 0 aromatic carbocycles. The van der Waals surface area contributed by atoms with Crippen LogP contribution in [0.4, 0.5) is 4.79 Å². The van der Waals surface area contributed by atoms with Crippen molar-refractivity contribution in [3.05, 3.63) is 6.92 Å². The van der Waals surface area contributed by atoms with Gasteiger partial charge in [0, 0.05) is 0 Å². The summed E-state index contributed by atoms with van der Waals surface area (Å²) in [6.45, 7) is 3.92. The maximum atomic E-state index is 11.0. The van der Waals surface area contributed by atoms with Crippen molar-refractivity contribution in [2.45, 2.75) is 44.6 Å². The highest BCUT2D eigenvalue weighted by Crippen LogP contribution is 2.20. The Morgan fingerprint density at radius 1 is 1.31 bits per heavy atom. The third-order valence-corrected chi connectivity index (χ3v) is 2.18. The van der Waals surface area contributed by atoms with Crippen molar-refractivity contribution in [3.63, 3.8) is 0 Å². The molecule has 0 saturated heterocycles. The molecular weight excluding hydrogens is 168 g/mol. The molecule has 75 valence electrons. The van der Waals surface area contributed by atoms with E-state index in [1.54, 1.807) is 0 Å². The third kappa shape index (κ3) is 4.15. The summed E-state index contributed by atoms with van der Waals surface area (Å²) in [6.07, 6.45) is 5.70. The molecule has 0 unspecified atom stereocenters. The van der Waals surface area contributed by atoms with Crippen molar-refractivity contribution >= 4 is 6.16 Å². The first kappa shape index (κ1) is 10.4. The first-order valence-electron chi connectivity index (χ1n) is 4.95. The zero-order valence-electron chi connectivity index (χ0n) is 7.96. The topological polar surface area (TPSA) is 35.5 Å². The van der Waals surface area contributed by atoms with E-state index in [1.807, 2.05) is 0 Å². The van der Waals surface area contributed by atoms with Crippen LogP contribution in [0, 0.1) is 6.92 Å². The van der Waals surface area contributed by atoms with Gasteiger partial charge in [0.05, 0.1) is 6.61 Å². The molecule has 1 radical (unpaired) electrons. The lowest BCUT2D eigenvalue weighted by Crippen LogP contribution is -2.21. The SMILES string of the molecule is [CH2]CCOC(=O)OC1CCCCC1. The summed E-state index contributed by atoms with van der Waals surface area (Å²) >= 11 is 0. The minimum atomic E-state index is -0.532. The Kier molecular flexibility index (Phi) is 4.65. The van der Waals surface area contributed by atoms with Crippen LogP contribution < -0.4 is 0 Å². The quantitative estimate of drug-likeness (QED) is 0.634. The largest absolute Gasteiger partial charge is 0.508 e. The maximum absolute atomic E-state index is 11.0. The van der Waals surface area contributed by atoms with Gasteiger partial charge in [-0.05, 0) is 39.0 Å². The van der Waals surface area contributed by atoms with E-state index in [9.17, 15) is 4.79 Å². The monoisotopic (exact) mass is 185 g/mol. The summed E-state index contributed by atoms with van der Waals surface area (Å²) in [4.78, 5) is 11.0. The Morgan fingerprint density at radius 2 is 2.00 bits per heavy atom. The van der Waals surface area contributed by atoms with Gasteiger partial charge in [0.15, 0.2) is 0 Å². The average molecular weight is 185 g/mol. The van der Waals surface area contributed by atoms with Crippen LogP contribution >= 0.6 is 0 Å². The molecule has 0 amide bonds. The summed E-state index contributed by atoms with van der Waals surface area (Å²) in [6, 6.07) is 0. The van der Waals surface area contributed by atoms with E-state index in [4.69, 9.17) is 9.47 Å². The normalized spacial score (nSPS) is 18.2. The van der Waals surface area contributed by atoms with Crippen molar-refractivity contribution in [1.82, 2.24) is 0 Å². The minimum Gasteiger partial charge on any atom is -0.434 e. The highest BCUT2D eigenvalue weighted by molar-refractivity contribution is 5.60. The second-order valence-electron chi connectivity index (χ2n) is 3.33. The Bertz CT molecular complexity index is 150. The van der Waals surface area contributed by atoms with E-state index in [1.165, 1.54) is 6.42 Å².